The van der Waals surface area contributed by atoms with Crippen molar-refractivity contribution in [2.24, 2.45) is 0 Å². The van der Waals surface area contributed by atoms with Crippen molar-refractivity contribution in [3.8, 4) is 5.75 Å². The Hall–Kier alpha value is -4.55. The zero-order chi connectivity index (χ0) is 28.0. The van der Waals surface area contributed by atoms with Crippen LogP contribution in [0, 0.1) is 0 Å². The quantitative estimate of drug-likeness (QED) is 0.0980. The predicted molar refractivity (Wildman–Crippen MR) is 171 cm³/mol. The number of rotatable bonds is 5. The van der Waals surface area contributed by atoms with Crippen molar-refractivity contribution < 1.29 is 14.7 Å². The standard InChI is InChI=1S/C18H13BO3.C18H15S/c20-19(21)22-17-7-3-6-12-8-9-15-10-13-4-1-2-5-14(13)11-16(15)18(12)17;1-4-10-16(11-5-1)19(17-12-6-2-7-13-17)18-14-8-3-9-15-18/h1-11,20-21H;1-15H/q;+1. The average Bonchev–Trinajstić information content (AvgIpc) is 3.02. The van der Waals surface area contributed by atoms with E-state index < -0.39 is 7.32 Å². The van der Waals surface area contributed by atoms with Crippen LogP contribution in [0.2, 0.25) is 0 Å². The van der Waals surface area contributed by atoms with Crippen LogP contribution in [-0.4, -0.2) is 17.4 Å². The maximum Gasteiger partial charge on any atom is 0.707 e. The zero-order valence-electron chi connectivity index (χ0n) is 22.3. The lowest BCUT2D eigenvalue weighted by Crippen LogP contribution is -2.20. The number of hydrogen-bond acceptors (Lipinski definition) is 3. The molecule has 0 atom stereocenters. The third-order valence-corrected chi connectivity index (χ3v) is 9.09. The third-order valence-electron chi connectivity index (χ3n) is 6.86. The number of benzene rings is 7. The first-order valence-corrected chi connectivity index (χ1v) is 14.7. The maximum absolute atomic E-state index is 9.14. The van der Waals surface area contributed by atoms with E-state index in [1.54, 1.807) is 6.07 Å². The molecule has 7 aromatic rings. The Kier molecular flexibility index (Phi) is 8.01. The molecular formula is C36H28BO3S+. The Morgan fingerprint density at radius 2 is 0.902 bits per heavy atom. The Morgan fingerprint density at radius 3 is 1.44 bits per heavy atom. The van der Waals surface area contributed by atoms with Crippen LogP contribution >= 0.6 is 0 Å². The molecule has 2 N–H and O–H groups in total. The lowest BCUT2D eigenvalue weighted by atomic mass is 9.97. The fourth-order valence-electron chi connectivity index (χ4n) is 5.06. The normalized spacial score (nSPS) is 10.9. The Labute approximate surface area is 242 Å². The Bertz CT molecular complexity index is 1800. The van der Waals surface area contributed by atoms with Crippen molar-refractivity contribution in [3.05, 3.63) is 158 Å². The number of fused-ring (bicyclic) bond motifs is 4. The first kappa shape index (κ1) is 26.7. The van der Waals surface area contributed by atoms with Gasteiger partial charge in [-0.25, -0.2) is 0 Å². The van der Waals surface area contributed by atoms with Crippen molar-refractivity contribution in [1.82, 2.24) is 0 Å². The molecule has 0 saturated carbocycles. The van der Waals surface area contributed by atoms with Crippen molar-refractivity contribution in [3.63, 3.8) is 0 Å². The molecule has 3 nitrogen and oxygen atoms in total. The summed E-state index contributed by atoms with van der Waals surface area (Å²) in [5.41, 5.74) is 0. The van der Waals surface area contributed by atoms with E-state index in [2.05, 4.69) is 121 Å². The van der Waals surface area contributed by atoms with Gasteiger partial charge in [0.05, 0.1) is 10.9 Å². The van der Waals surface area contributed by atoms with E-state index in [1.807, 2.05) is 30.3 Å². The second-order valence-electron chi connectivity index (χ2n) is 9.53. The van der Waals surface area contributed by atoms with Gasteiger partial charge in [-0.05, 0) is 81.5 Å². The summed E-state index contributed by atoms with van der Waals surface area (Å²) in [5.74, 6) is 0.466. The molecule has 0 radical (unpaired) electrons. The molecule has 198 valence electrons. The van der Waals surface area contributed by atoms with E-state index in [9.17, 15) is 0 Å². The maximum atomic E-state index is 9.14. The molecule has 0 heterocycles. The van der Waals surface area contributed by atoms with E-state index in [-0.39, 0.29) is 10.9 Å². The van der Waals surface area contributed by atoms with Gasteiger partial charge < -0.3 is 14.7 Å². The fourth-order valence-corrected chi connectivity index (χ4v) is 7.16. The van der Waals surface area contributed by atoms with Gasteiger partial charge in [0.15, 0.2) is 14.7 Å². The van der Waals surface area contributed by atoms with Crippen LogP contribution in [0.4, 0.5) is 0 Å². The van der Waals surface area contributed by atoms with Crippen LogP contribution in [-0.2, 0) is 10.9 Å². The SMILES string of the molecule is OB(O)Oc1cccc2ccc3cc4ccccc4cc3c12.c1ccc([S+](c2ccccc2)c2ccccc2)cc1. The van der Waals surface area contributed by atoms with Crippen LogP contribution in [0.1, 0.15) is 0 Å². The lowest BCUT2D eigenvalue weighted by Gasteiger charge is -2.12. The summed E-state index contributed by atoms with van der Waals surface area (Å²) in [6.07, 6.45) is 0. The largest absolute Gasteiger partial charge is 0.707 e. The highest BCUT2D eigenvalue weighted by molar-refractivity contribution is 7.97. The molecule has 41 heavy (non-hydrogen) atoms. The summed E-state index contributed by atoms with van der Waals surface area (Å²) in [6.45, 7) is 0. The van der Waals surface area contributed by atoms with Gasteiger partial charge in [0.25, 0.3) is 0 Å². The van der Waals surface area contributed by atoms with E-state index in [1.165, 1.54) is 20.1 Å². The van der Waals surface area contributed by atoms with Gasteiger partial charge in [-0.3, -0.25) is 0 Å². The molecule has 0 unspecified atom stereocenters. The van der Waals surface area contributed by atoms with Crippen LogP contribution in [0.15, 0.2) is 172 Å². The van der Waals surface area contributed by atoms with Crippen molar-refractivity contribution in [2.45, 2.75) is 14.7 Å². The molecule has 0 bridgehead atoms. The molecule has 0 aliphatic heterocycles. The minimum absolute atomic E-state index is 0.0146. The van der Waals surface area contributed by atoms with Gasteiger partial charge in [0.1, 0.15) is 5.75 Å². The molecule has 7 rings (SSSR count). The van der Waals surface area contributed by atoms with E-state index in [0.29, 0.717) is 5.75 Å². The monoisotopic (exact) mass is 551 g/mol. The summed E-state index contributed by atoms with van der Waals surface area (Å²) in [6, 6.07) is 54.2. The highest BCUT2D eigenvalue weighted by atomic mass is 32.2. The Balaban J connectivity index is 0.000000149. The molecular weight excluding hydrogens is 523 g/mol. The molecule has 0 amide bonds. The van der Waals surface area contributed by atoms with Gasteiger partial charge in [-0.1, -0.05) is 103 Å². The summed E-state index contributed by atoms with van der Waals surface area (Å²) in [4.78, 5) is 4.08. The Morgan fingerprint density at radius 1 is 0.439 bits per heavy atom. The first-order valence-electron chi connectivity index (χ1n) is 13.4. The molecule has 0 aliphatic rings. The summed E-state index contributed by atoms with van der Waals surface area (Å²) < 4.78 is 5.16. The summed E-state index contributed by atoms with van der Waals surface area (Å²) in [5, 5.41) is 24.6. The minimum Gasteiger partial charge on any atom is -0.511 e. The van der Waals surface area contributed by atoms with Crippen molar-refractivity contribution in [2.75, 3.05) is 0 Å². The van der Waals surface area contributed by atoms with Crippen LogP contribution in [0.3, 0.4) is 0 Å². The highest BCUT2D eigenvalue weighted by Crippen LogP contribution is 2.35. The average molecular weight is 551 g/mol. The second-order valence-corrected chi connectivity index (χ2v) is 11.6. The topological polar surface area (TPSA) is 49.7 Å². The molecule has 5 heteroatoms. The van der Waals surface area contributed by atoms with Crippen molar-refractivity contribution >= 4 is 50.5 Å². The minimum atomic E-state index is -1.83. The second kappa shape index (κ2) is 12.3. The number of hydrogen-bond donors (Lipinski definition) is 2. The smallest absolute Gasteiger partial charge is 0.511 e. The first-order chi connectivity index (χ1) is 20.2. The van der Waals surface area contributed by atoms with E-state index >= 15 is 0 Å². The zero-order valence-corrected chi connectivity index (χ0v) is 23.1. The third kappa shape index (κ3) is 5.98. The van der Waals surface area contributed by atoms with Gasteiger partial charge in [-0.2, -0.15) is 0 Å². The predicted octanol–water partition coefficient (Wildman–Crippen LogP) is 8.28. The summed E-state index contributed by atoms with van der Waals surface area (Å²) in [7, 11) is -1.85. The van der Waals surface area contributed by atoms with Gasteiger partial charge in [-0.15, -0.1) is 0 Å². The van der Waals surface area contributed by atoms with Gasteiger partial charge in [0.2, 0.25) is 0 Å². The lowest BCUT2D eigenvalue weighted by molar-refractivity contribution is 0.289. The highest BCUT2D eigenvalue weighted by Gasteiger charge is 2.27. The summed E-state index contributed by atoms with van der Waals surface area (Å²) >= 11 is 0. The molecule has 0 saturated heterocycles. The van der Waals surface area contributed by atoms with Crippen LogP contribution < -0.4 is 4.65 Å². The van der Waals surface area contributed by atoms with E-state index in [4.69, 9.17) is 14.7 Å². The van der Waals surface area contributed by atoms with Crippen LogP contribution in [0.5, 0.6) is 5.75 Å². The molecule has 0 aliphatic carbocycles. The van der Waals surface area contributed by atoms with E-state index in [0.717, 1.165) is 26.9 Å². The fraction of sp³-hybridized carbons (Fsp3) is 0. The molecule has 0 aromatic heterocycles. The van der Waals surface area contributed by atoms with Crippen LogP contribution in [0.25, 0.3) is 32.3 Å². The molecule has 0 fully saturated rings. The van der Waals surface area contributed by atoms with Crippen molar-refractivity contribution in [1.29, 1.82) is 0 Å². The molecule has 0 spiro atoms. The van der Waals surface area contributed by atoms with Gasteiger partial charge >= 0.3 is 7.32 Å². The van der Waals surface area contributed by atoms with Gasteiger partial charge in [0, 0.05) is 5.39 Å². The molecule has 7 aromatic carbocycles.